The van der Waals surface area contributed by atoms with Crippen LogP contribution in [0.15, 0.2) is 18.2 Å². The highest BCUT2D eigenvalue weighted by Gasteiger charge is 2.37. The summed E-state index contributed by atoms with van der Waals surface area (Å²) in [7, 11) is 0. The number of anilines is 1. The van der Waals surface area contributed by atoms with Gasteiger partial charge in [-0.1, -0.05) is 13.0 Å². The second-order valence-electron chi connectivity index (χ2n) is 5.88. The Labute approximate surface area is 150 Å². The average Bonchev–Trinajstić information content (AvgIpc) is 2.59. The van der Waals surface area contributed by atoms with Crippen molar-refractivity contribution >= 4 is 17.6 Å². The van der Waals surface area contributed by atoms with E-state index in [1.807, 2.05) is 0 Å². The van der Waals surface area contributed by atoms with Crippen LogP contribution in [0.1, 0.15) is 32.3 Å². The summed E-state index contributed by atoms with van der Waals surface area (Å²) in [4.78, 5) is 22.7. The van der Waals surface area contributed by atoms with Crippen molar-refractivity contribution in [3.05, 3.63) is 23.8 Å². The van der Waals surface area contributed by atoms with E-state index in [1.165, 1.54) is 6.92 Å². The lowest BCUT2D eigenvalue weighted by atomic mass is 10.1. The number of nitrogens with one attached hydrogen (secondary N) is 1. The van der Waals surface area contributed by atoms with Gasteiger partial charge < -0.3 is 34.8 Å². The molecule has 1 amide bonds. The summed E-state index contributed by atoms with van der Waals surface area (Å²) in [5.74, 6) is -0.430. The molecular weight excluding hydrogens is 346 g/mol. The van der Waals surface area contributed by atoms with E-state index < -0.39 is 30.8 Å². The quantitative estimate of drug-likeness (QED) is 0.525. The van der Waals surface area contributed by atoms with Gasteiger partial charge >= 0.3 is 5.97 Å². The van der Waals surface area contributed by atoms with Crippen LogP contribution in [0, 0.1) is 0 Å². The Bertz CT molecular complexity index is 638. The first-order valence-electron chi connectivity index (χ1n) is 8.22. The fourth-order valence-corrected chi connectivity index (χ4v) is 2.33. The molecule has 0 saturated carbocycles. The van der Waals surface area contributed by atoms with E-state index in [-0.39, 0.29) is 31.1 Å². The minimum absolute atomic E-state index is 0.0359. The van der Waals surface area contributed by atoms with E-state index >= 15 is 0 Å². The normalized spacial score (nSPS) is 25.4. The van der Waals surface area contributed by atoms with Crippen LogP contribution in [0.3, 0.4) is 0 Å². The molecule has 26 heavy (non-hydrogen) atoms. The van der Waals surface area contributed by atoms with Gasteiger partial charge in [0.2, 0.25) is 12.2 Å². The molecule has 1 saturated heterocycles. The lowest BCUT2D eigenvalue weighted by molar-refractivity contribution is -0.285. The maximum Gasteiger partial charge on any atom is 0.302 e. The highest BCUT2D eigenvalue weighted by atomic mass is 16.7. The van der Waals surface area contributed by atoms with Gasteiger partial charge in [0.1, 0.15) is 18.5 Å². The molecule has 2 rings (SSSR count). The number of rotatable bonds is 6. The van der Waals surface area contributed by atoms with Crippen LogP contribution in [0.2, 0.25) is 0 Å². The maximum absolute atomic E-state index is 11.8. The number of benzene rings is 1. The fourth-order valence-electron chi connectivity index (χ4n) is 2.33. The number of hydrogen-bond acceptors (Lipinski definition) is 8. The number of ether oxygens (including phenoxy) is 3. The topological polar surface area (TPSA) is 135 Å². The van der Waals surface area contributed by atoms with E-state index in [0.29, 0.717) is 11.3 Å². The SMILES string of the molecule is CCC(=O)Nc1cc(COC(C)=O)ccc1OC1CC(O)C(O)C(O)O1. The number of hydrogen-bond donors (Lipinski definition) is 4. The van der Waals surface area contributed by atoms with Crippen LogP contribution >= 0.6 is 0 Å². The lowest BCUT2D eigenvalue weighted by Crippen LogP contribution is -2.49. The molecule has 9 heteroatoms. The second-order valence-corrected chi connectivity index (χ2v) is 5.88. The molecule has 1 aliphatic heterocycles. The van der Waals surface area contributed by atoms with Crippen molar-refractivity contribution in [3.63, 3.8) is 0 Å². The van der Waals surface area contributed by atoms with Gasteiger partial charge in [-0.2, -0.15) is 0 Å². The maximum atomic E-state index is 11.8. The summed E-state index contributed by atoms with van der Waals surface area (Å²) in [5, 5.41) is 31.5. The van der Waals surface area contributed by atoms with E-state index in [1.54, 1.807) is 25.1 Å². The van der Waals surface area contributed by atoms with Crippen LogP contribution in [-0.2, 0) is 25.7 Å². The highest BCUT2D eigenvalue weighted by molar-refractivity contribution is 5.92. The predicted molar refractivity (Wildman–Crippen MR) is 89.0 cm³/mol. The van der Waals surface area contributed by atoms with Gasteiger partial charge in [0.25, 0.3) is 0 Å². The minimum atomic E-state index is -1.58. The molecule has 4 unspecified atom stereocenters. The molecule has 1 aromatic carbocycles. The van der Waals surface area contributed by atoms with E-state index in [2.05, 4.69) is 5.32 Å². The Balaban J connectivity index is 2.17. The molecular formula is C17H23NO8. The first-order chi connectivity index (χ1) is 12.3. The first-order valence-corrected chi connectivity index (χ1v) is 8.22. The molecule has 4 atom stereocenters. The number of aliphatic hydroxyl groups is 3. The number of esters is 1. The third kappa shape index (κ3) is 5.40. The molecule has 1 heterocycles. The van der Waals surface area contributed by atoms with Crippen molar-refractivity contribution in [2.24, 2.45) is 0 Å². The minimum Gasteiger partial charge on any atom is -0.463 e. The number of amides is 1. The molecule has 0 radical (unpaired) electrons. The first kappa shape index (κ1) is 20.1. The zero-order chi connectivity index (χ0) is 19.3. The highest BCUT2D eigenvalue weighted by Crippen LogP contribution is 2.30. The second kappa shape index (κ2) is 8.95. The largest absolute Gasteiger partial charge is 0.463 e. The summed E-state index contributed by atoms with van der Waals surface area (Å²) in [6.07, 6.45) is -5.03. The van der Waals surface area contributed by atoms with E-state index in [0.717, 1.165) is 0 Å². The van der Waals surface area contributed by atoms with Gasteiger partial charge in [-0.05, 0) is 17.7 Å². The van der Waals surface area contributed by atoms with Gasteiger partial charge in [0.15, 0.2) is 6.29 Å². The standard InChI is InChI=1S/C17H23NO8/c1-3-14(21)18-11-6-10(8-24-9(2)19)4-5-13(11)25-15-7-12(20)16(22)17(23)26-15/h4-6,12,15-17,20,22-23H,3,7-8H2,1-2H3,(H,18,21). The smallest absolute Gasteiger partial charge is 0.302 e. The molecule has 0 aromatic heterocycles. The third-order valence-electron chi connectivity index (χ3n) is 3.75. The van der Waals surface area contributed by atoms with E-state index in [9.17, 15) is 24.9 Å². The number of carbonyl (C=O) groups is 2. The average molecular weight is 369 g/mol. The third-order valence-corrected chi connectivity index (χ3v) is 3.75. The molecule has 1 fully saturated rings. The van der Waals surface area contributed by atoms with Crippen LogP contribution < -0.4 is 10.1 Å². The molecule has 0 aliphatic carbocycles. The van der Waals surface area contributed by atoms with Crippen LogP contribution in [0.5, 0.6) is 5.75 Å². The zero-order valence-electron chi connectivity index (χ0n) is 14.5. The summed E-state index contributed by atoms with van der Waals surface area (Å²) in [6.45, 7) is 3.02. The predicted octanol–water partition coefficient (Wildman–Crippen LogP) is 0.264. The Morgan fingerprint density at radius 3 is 2.65 bits per heavy atom. The summed E-state index contributed by atoms with van der Waals surface area (Å²) in [6, 6.07) is 4.79. The van der Waals surface area contributed by atoms with Crippen molar-refractivity contribution < 1.29 is 39.1 Å². The van der Waals surface area contributed by atoms with Gasteiger partial charge in [0, 0.05) is 19.8 Å². The van der Waals surface area contributed by atoms with Gasteiger partial charge in [-0.3, -0.25) is 9.59 Å². The van der Waals surface area contributed by atoms with Gasteiger partial charge in [-0.25, -0.2) is 0 Å². The zero-order valence-corrected chi connectivity index (χ0v) is 14.5. The van der Waals surface area contributed by atoms with Crippen molar-refractivity contribution in [1.29, 1.82) is 0 Å². The van der Waals surface area contributed by atoms with Crippen molar-refractivity contribution in [2.45, 2.75) is 58.1 Å². The summed E-state index contributed by atoms with van der Waals surface area (Å²) >= 11 is 0. The van der Waals surface area contributed by atoms with Crippen LogP contribution in [-0.4, -0.2) is 52.0 Å². The lowest BCUT2D eigenvalue weighted by Gasteiger charge is -2.34. The van der Waals surface area contributed by atoms with Gasteiger partial charge in [0.05, 0.1) is 11.8 Å². The molecule has 1 aromatic rings. The van der Waals surface area contributed by atoms with E-state index in [4.69, 9.17) is 14.2 Å². The molecule has 1 aliphatic rings. The molecule has 0 spiro atoms. The van der Waals surface area contributed by atoms with Crippen molar-refractivity contribution in [2.75, 3.05) is 5.32 Å². The Morgan fingerprint density at radius 2 is 2.04 bits per heavy atom. The van der Waals surface area contributed by atoms with Crippen molar-refractivity contribution in [1.82, 2.24) is 0 Å². The molecule has 4 N–H and O–H groups in total. The Kier molecular flexibility index (Phi) is 6.92. The Morgan fingerprint density at radius 1 is 1.31 bits per heavy atom. The molecule has 9 nitrogen and oxygen atoms in total. The monoisotopic (exact) mass is 369 g/mol. The number of carbonyl (C=O) groups excluding carboxylic acids is 2. The van der Waals surface area contributed by atoms with Crippen LogP contribution in [0.4, 0.5) is 5.69 Å². The van der Waals surface area contributed by atoms with Crippen LogP contribution in [0.25, 0.3) is 0 Å². The summed E-state index contributed by atoms with van der Waals surface area (Å²) in [5.41, 5.74) is 0.971. The molecule has 144 valence electrons. The fraction of sp³-hybridized carbons (Fsp3) is 0.529. The van der Waals surface area contributed by atoms with Crippen molar-refractivity contribution in [3.8, 4) is 5.75 Å². The Hall–Kier alpha value is -2.20. The van der Waals surface area contributed by atoms with Gasteiger partial charge in [-0.15, -0.1) is 0 Å². The number of aliphatic hydroxyl groups excluding tert-OH is 3. The summed E-state index contributed by atoms with van der Waals surface area (Å²) < 4.78 is 15.7. The molecule has 0 bridgehead atoms.